The number of alkyl carbamates (subject to hydrolysis) is 1. The average Bonchev–Trinajstić information content (AvgIpc) is 2.66. The summed E-state index contributed by atoms with van der Waals surface area (Å²) in [6.45, 7) is 6.72. The Morgan fingerprint density at radius 1 is 1.16 bits per heavy atom. The first kappa shape index (κ1) is 23.9. The lowest BCUT2D eigenvalue weighted by molar-refractivity contribution is -0.120. The molecule has 31 heavy (non-hydrogen) atoms. The Morgan fingerprint density at radius 3 is 2.48 bits per heavy atom. The van der Waals surface area contributed by atoms with Crippen molar-refractivity contribution in [3.63, 3.8) is 0 Å². The number of anilines is 1. The Bertz CT molecular complexity index is 1040. The zero-order valence-corrected chi connectivity index (χ0v) is 18.5. The molecule has 2 N–H and O–H groups in total. The van der Waals surface area contributed by atoms with Gasteiger partial charge in [-0.1, -0.05) is 29.8 Å². The van der Waals surface area contributed by atoms with Gasteiger partial charge in [0.2, 0.25) is 0 Å². The molecule has 2 rings (SSSR count). The Kier molecular flexibility index (Phi) is 7.78. The predicted octanol–water partition coefficient (Wildman–Crippen LogP) is 4.49. The lowest BCUT2D eigenvalue weighted by Crippen LogP contribution is -2.42. The van der Waals surface area contributed by atoms with Gasteiger partial charge in [-0.25, -0.2) is 4.79 Å². The monoisotopic (exact) mass is 441 g/mol. The molecular formula is C23H24ClN3O4. The van der Waals surface area contributed by atoms with Crippen molar-refractivity contribution in [2.45, 2.75) is 45.8 Å². The number of amides is 2. The van der Waals surface area contributed by atoms with Crippen LogP contribution in [0.1, 0.15) is 49.2 Å². The number of nitrogens with one attached hydrogen (secondary N) is 2. The molecule has 0 saturated heterocycles. The first-order valence-electron chi connectivity index (χ1n) is 9.61. The first-order valence-corrected chi connectivity index (χ1v) is 9.99. The second kappa shape index (κ2) is 10.1. The van der Waals surface area contributed by atoms with Gasteiger partial charge in [0.15, 0.2) is 5.78 Å². The maximum absolute atomic E-state index is 12.9. The number of rotatable bonds is 6. The molecule has 0 heterocycles. The van der Waals surface area contributed by atoms with Crippen LogP contribution in [-0.4, -0.2) is 29.4 Å². The summed E-state index contributed by atoms with van der Waals surface area (Å²) in [6, 6.07) is 12.5. The zero-order valence-electron chi connectivity index (χ0n) is 17.8. The average molecular weight is 442 g/mol. The number of Topliss-reactive ketones (excluding diaryl/α,β-unsaturated/α-hetero) is 1. The third-order valence-electron chi connectivity index (χ3n) is 4.16. The van der Waals surface area contributed by atoms with Crippen molar-refractivity contribution in [1.82, 2.24) is 5.32 Å². The minimum absolute atomic E-state index is 0.113. The molecule has 8 heteroatoms. The summed E-state index contributed by atoms with van der Waals surface area (Å²) < 4.78 is 5.16. The van der Waals surface area contributed by atoms with E-state index >= 15 is 0 Å². The van der Waals surface area contributed by atoms with Gasteiger partial charge in [-0.2, -0.15) is 5.26 Å². The van der Waals surface area contributed by atoms with E-state index in [2.05, 4.69) is 10.6 Å². The van der Waals surface area contributed by atoms with E-state index in [1.165, 1.54) is 6.07 Å². The first-order chi connectivity index (χ1) is 14.5. The molecule has 0 radical (unpaired) electrons. The molecule has 2 amide bonds. The minimum atomic E-state index is -0.822. The number of hydrogen-bond donors (Lipinski definition) is 2. The molecule has 1 atom stereocenters. The van der Waals surface area contributed by atoms with Crippen LogP contribution in [0.5, 0.6) is 0 Å². The number of halogens is 1. The van der Waals surface area contributed by atoms with Crippen molar-refractivity contribution >= 4 is 35.1 Å². The molecule has 0 saturated carbocycles. The van der Waals surface area contributed by atoms with Crippen LogP contribution in [0.15, 0.2) is 42.5 Å². The fraction of sp³-hybridized carbons (Fsp3) is 0.304. The van der Waals surface area contributed by atoms with Gasteiger partial charge >= 0.3 is 6.09 Å². The van der Waals surface area contributed by atoms with Crippen LogP contribution in [0.25, 0.3) is 0 Å². The van der Waals surface area contributed by atoms with Crippen LogP contribution < -0.4 is 10.6 Å². The second-order valence-corrected chi connectivity index (χ2v) is 8.34. The number of nitriles is 1. The molecule has 162 valence electrons. The summed E-state index contributed by atoms with van der Waals surface area (Å²) >= 11 is 6.25. The highest BCUT2D eigenvalue weighted by molar-refractivity contribution is 6.34. The molecule has 0 aromatic heterocycles. The van der Waals surface area contributed by atoms with E-state index in [4.69, 9.17) is 21.6 Å². The van der Waals surface area contributed by atoms with Crippen LogP contribution in [0.3, 0.4) is 0 Å². The van der Waals surface area contributed by atoms with Gasteiger partial charge in [0.1, 0.15) is 5.60 Å². The molecule has 0 aliphatic carbocycles. The van der Waals surface area contributed by atoms with E-state index in [1.54, 1.807) is 64.1 Å². The van der Waals surface area contributed by atoms with Crippen molar-refractivity contribution in [3.8, 4) is 6.07 Å². The smallest absolute Gasteiger partial charge is 0.408 e. The maximum Gasteiger partial charge on any atom is 0.408 e. The second-order valence-electron chi connectivity index (χ2n) is 7.93. The van der Waals surface area contributed by atoms with Crippen LogP contribution in [0.4, 0.5) is 10.5 Å². The summed E-state index contributed by atoms with van der Waals surface area (Å²) in [5.74, 6) is -0.815. The summed E-state index contributed by atoms with van der Waals surface area (Å²) in [4.78, 5) is 37.4. The Balaban J connectivity index is 2.16. The number of ether oxygens (including phenoxy) is 1. The van der Waals surface area contributed by atoms with Crippen molar-refractivity contribution in [1.29, 1.82) is 5.26 Å². The standard InChI is InChI=1S/C23H24ClN3O4/c1-14(26-22(30)31-23(2,3)4)19(28)12-16-8-6-10-18(24)20(16)21(29)27-17-9-5-7-15(11-17)13-25/h5-11,14H,12H2,1-4H3,(H,26,30)(H,27,29)/t14-/m0/s1. The number of hydrogen-bond acceptors (Lipinski definition) is 5. The Labute approximate surface area is 186 Å². The van der Waals surface area contributed by atoms with Gasteiger partial charge < -0.3 is 15.4 Å². The van der Waals surface area contributed by atoms with Gasteiger partial charge in [-0.05, 0) is 57.5 Å². The van der Waals surface area contributed by atoms with E-state index in [9.17, 15) is 14.4 Å². The summed E-state index contributed by atoms with van der Waals surface area (Å²) in [6.07, 6.45) is -0.812. The van der Waals surface area contributed by atoms with Crippen molar-refractivity contribution in [2.24, 2.45) is 0 Å². The lowest BCUT2D eigenvalue weighted by Gasteiger charge is -2.21. The van der Waals surface area contributed by atoms with Gasteiger partial charge in [-0.3, -0.25) is 9.59 Å². The number of ketones is 1. The highest BCUT2D eigenvalue weighted by Gasteiger charge is 2.23. The van der Waals surface area contributed by atoms with Gasteiger partial charge in [0.25, 0.3) is 5.91 Å². The third kappa shape index (κ3) is 7.12. The predicted molar refractivity (Wildman–Crippen MR) is 118 cm³/mol. The third-order valence-corrected chi connectivity index (χ3v) is 4.47. The van der Waals surface area contributed by atoms with Gasteiger partial charge in [0, 0.05) is 12.1 Å². The molecule has 0 aliphatic heterocycles. The minimum Gasteiger partial charge on any atom is -0.444 e. The molecular weight excluding hydrogens is 418 g/mol. The molecule has 7 nitrogen and oxygen atoms in total. The normalized spacial score (nSPS) is 11.7. The lowest BCUT2D eigenvalue weighted by atomic mass is 9.99. The van der Waals surface area contributed by atoms with Gasteiger partial charge in [-0.15, -0.1) is 0 Å². The van der Waals surface area contributed by atoms with E-state index in [0.29, 0.717) is 16.8 Å². The maximum atomic E-state index is 12.9. The fourth-order valence-electron chi connectivity index (χ4n) is 2.74. The van der Waals surface area contributed by atoms with E-state index in [0.717, 1.165) is 0 Å². The Morgan fingerprint density at radius 2 is 1.84 bits per heavy atom. The Hall–Kier alpha value is -3.37. The van der Waals surface area contributed by atoms with Crippen molar-refractivity contribution in [3.05, 3.63) is 64.2 Å². The van der Waals surface area contributed by atoms with Crippen LogP contribution in [-0.2, 0) is 16.0 Å². The summed E-state index contributed by atoms with van der Waals surface area (Å²) in [5, 5.41) is 14.4. The molecule has 0 aliphatic rings. The molecule has 0 bridgehead atoms. The highest BCUT2D eigenvalue weighted by atomic mass is 35.5. The zero-order chi connectivity index (χ0) is 23.2. The number of nitrogens with zero attached hydrogens (tertiary/aromatic N) is 1. The van der Waals surface area contributed by atoms with Crippen LogP contribution in [0.2, 0.25) is 5.02 Å². The summed E-state index contributed by atoms with van der Waals surface area (Å²) in [5.41, 5.74) is 0.720. The highest BCUT2D eigenvalue weighted by Crippen LogP contribution is 2.23. The number of carbonyl (C=O) groups excluding carboxylic acids is 3. The van der Waals surface area contributed by atoms with E-state index in [-0.39, 0.29) is 22.8 Å². The van der Waals surface area contributed by atoms with Crippen LogP contribution >= 0.6 is 11.6 Å². The topological polar surface area (TPSA) is 108 Å². The number of benzene rings is 2. The molecule has 0 unspecified atom stereocenters. The van der Waals surface area contributed by atoms with Crippen molar-refractivity contribution < 1.29 is 19.1 Å². The quantitative estimate of drug-likeness (QED) is 0.686. The van der Waals surface area contributed by atoms with Crippen LogP contribution in [0, 0.1) is 11.3 Å². The largest absolute Gasteiger partial charge is 0.444 e. The SMILES string of the molecule is C[C@H](NC(=O)OC(C)(C)C)C(=O)Cc1cccc(Cl)c1C(=O)Nc1cccc(C#N)c1. The van der Waals surface area contributed by atoms with Crippen molar-refractivity contribution in [2.75, 3.05) is 5.32 Å². The number of carbonyl (C=O) groups is 3. The van der Waals surface area contributed by atoms with Gasteiger partial charge in [0.05, 0.1) is 28.3 Å². The van der Waals surface area contributed by atoms with E-state index < -0.39 is 23.6 Å². The molecule has 2 aromatic carbocycles. The molecule has 0 fully saturated rings. The molecule has 0 spiro atoms. The fourth-order valence-corrected chi connectivity index (χ4v) is 3.02. The molecule has 2 aromatic rings. The van der Waals surface area contributed by atoms with E-state index in [1.807, 2.05) is 6.07 Å². The summed E-state index contributed by atoms with van der Waals surface area (Å²) in [7, 11) is 0.